The van der Waals surface area contributed by atoms with Gasteiger partial charge in [0.05, 0.1) is 17.0 Å². The second-order valence-corrected chi connectivity index (χ2v) is 12.7. The first kappa shape index (κ1) is 32.5. The Labute approximate surface area is 250 Å². The third-order valence-electron chi connectivity index (χ3n) is 8.32. The second-order valence-electron chi connectivity index (χ2n) is 11.7. The predicted octanol–water partition coefficient (Wildman–Crippen LogP) is 7.46. The number of rotatable bonds is 14. The first-order valence-corrected chi connectivity index (χ1v) is 15.2. The van der Waals surface area contributed by atoms with Crippen molar-refractivity contribution in [3.05, 3.63) is 70.4 Å². The molecule has 3 N–H and O–H groups in total. The van der Waals surface area contributed by atoms with Crippen LogP contribution in [0.5, 0.6) is 5.75 Å². The number of ether oxygens (including phenoxy) is 1. The van der Waals surface area contributed by atoms with E-state index in [2.05, 4.69) is 23.5 Å². The average molecular weight is 591 g/mol. The summed E-state index contributed by atoms with van der Waals surface area (Å²) in [5.41, 5.74) is 3.44. The highest BCUT2D eigenvalue weighted by molar-refractivity contribution is 6.32. The topological polar surface area (TPSA) is 78.8 Å². The lowest BCUT2D eigenvalue weighted by Crippen LogP contribution is -2.44. The van der Waals surface area contributed by atoms with Crippen molar-refractivity contribution in [1.82, 2.24) is 5.32 Å². The molecular weight excluding hydrogens is 545 g/mol. The number of aliphatic hydroxyl groups excluding tert-OH is 2. The lowest BCUT2D eigenvalue weighted by molar-refractivity contribution is -0.133. The lowest BCUT2D eigenvalue weighted by Gasteiger charge is -2.37. The molecular formula is C33H45Cl2NO4. The molecule has 1 aromatic rings. The fraction of sp³-hybridized carbons (Fsp3) is 0.545. The fourth-order valence-corrected chi connectivity index (χ4v) is 5.99. The van der Waals surface area contributed by atoms with E-state index < -0.39 is 5.41 Å². The van der Waals surface area contributed by atoms with Gasteiger partial charge in [0.15, 0.2) is 0 Å². The molecule has 0 saturated heterocycles. The molecule has 0 bridgehead atoms. The highest BCUT2D eigenvalue weighted by Crippen LogP contribution is 2.38. The Hall–Kier alpha value is -2.05. The van der Waals surface area contributed by atoms with Crippen molar-refractivity contribution in [2.45, 2.75) is 71.6 Å². The summed E-state index contributed by atoms with van der Waals surface area (Å²) in [7, 11) is 0. The summed E-state index contributed by atoms with van der Waals surface area (Å²) in [5, 5.41) is 22.7. The molecule has 0 fully saturated rings. The number of amides is 1. The zero-order chi connectivity index (χ0) is 29.3. The zero-order valence-corrected chi connectivity index (χ0v) is 25.8. The molecule has 4 atom stereocenters. The predicted molar refractivity (Wildman–Crippen MR) is 165 cm³/mol. The van der Waals surface area contributed by atoms with Crippen LogP contribution in [-0.2, 0) is 4.79 Å². The Morgan fingerprint density at radius 1 is 1.23 bits per heavy atom. The number of unbranched alkanes of at least 4 members (excludes halogenated alkanes) is 1. The number of alkyl halides is 1. The minimum atomic E-state index is -0.665. The van der Waals surface area contributed by atoms with Crippen LogP contribution in [0.15, 0.2) is 59.8 Å². The lowest BCUT2D eigenvalue weighted by atomic mass is 9.69. The zero-order valence-electron chi connectivity index (χ0n) is 24.3. The first-order valence-electron chi connectivity index (χ1n) is 14.4. The van der Waals surface area contributed by atoms with Gasteiger partial charge in [0.1, 0.15) is 5.75 Å². The Kier molecular flexibility index (Phi) is 12.4. The maximum atomic E-state index is 13.3. The standard InChI is InChI=1S/C33H45Cl2NO4/c1-22-8-14-27(20-29(22)34)36-32(39)33(3,4)28(23(2)21-38)7-5-6-18-40-31-15-13-26(19-30(31)35)25-11-9-24(10-12-25)16-17-37/h8-9,11-15,19,23-24,28-29,37-38H,5-7,10,16-18,20-21H2,1-4H3,(H,36,39). The second kappa shape index (κ2) is 15.3. The van der Waals surface area contributed by atoms with Crippen LogP contribution in [0.4, 0.5) is 0 Å². The van der Waals surface area contributed by atoms with Gasteiger partial charge >= 0.3 is 0 Å². The average Bonchev–Trinajstić information content (AvgIpc) is 2.93. The number of halogens is 2. The van der Waals surface area contributed by atoms with Crippen LogP contribution >= 0.6 is 23.2 Å². The third-order valence-corrected chi connectivity index (χ3v) is 9.12. The molecule has 1 amide bonds. The van der Waals surface area contributed by atoms with E-state index in [9.17, 15) is 9.90 Å². The monoisotopic (exact) mass is 589 g/mol. The highest BCUT2D eigenvalue weighted by atomic mass is 35.5. The summed E-state index contributed by atoms with van der Waals surface area (Å²) >= 11 is 12.9. The van der Waals surface area contributed by atoms with Crippen molar-refractivity contribution in [2.24, 2.45) is 23.2 Å². The molecule has 5 nitrogen and oxygen atoms in total. The van der Waals surface area contributed by atoms with E-state index in [-0.39, 0.29) is 36.3 Å². The molecule has 0 aliphatic heterocycles. The molecule has 0 spiro atoms. The van der Waals surface area contributed by atoms with E-state index in [4.69, 9.17) is 33.0 Å². The van der Waals surface area contributed by atoms with Gasteiger partial charge in [-0.2, -0.15) is 0 Å². The van der Waals surface area contributed by atoms with Crippen LogP contribution in [-0.4, -0.2) is 41.3 Å². The Bertz CT molecular complexity index is 1140. The van der Waals surface area contributed by atoms with Gasteiger partial charge in [0.25, 0.3) is 0 Å². The molecule has 40 heavy (non-hydrogen) atoms. The van der Waals surface area contributed by atoms with Crippen LogP contribution in [0.3, 0.4) is 0 Å². The Balaban J connectivity index is 1.51. The van der Waals surface area contributed by atoms with Crippen molar-refractivity contribution in [3.63, 3.8) is 0 Å². The van der Waals surface area contributed by atoms with Crippen molar-refractivity contribution in [1.29, 1.82) is 0 Å². The fourth-order valence-electron chi connectivity index (χ4n) is 5.52. The third kappa shape index (κ3) is 8.72. The van der Waals surface area contributed by atoms with Crippen LogP contribution in [0.2, 0.25) is 5.02 Å². The molecule has 0 heterocycles. The van der Waals surface area contributed by atoms with Crippen LogP contribution in [0.25, 0.3) is 5.57 Å². The SMILES string of the molecule is CC1=CC=C(NC(=O)C(C)(C)C(CCCCOc2ccc(C3=CCC(CCO)C=C3)cc2Cl)C(C)CO)CC1Cl. The van der Waals surface area contributed by atoms with Crippen molar-refractivity contribution < 1.29 is 19.7 Å². The Morgan fingerprint density at radius 3 is 2.62 bits per heavy atom. The minimum Gasteiger partial charge on any atom is -0.492 e. The first-order chi connectivity index (χ1) is 19.1. The quantitative estimate of drug-likeness (QED) is 0.155. The molecule has 3 rings (SSSR count). The van der Waals surface area contributed by atoms with Crippen molar-refractivity contribution in [2.75, 3.05) is 19.8 Å². The summed E-state index contributed by atoms with van der Waals surface area (Å²) in [5.74, 6) is 0.986. The molecule has 1 aromatic carbocycles. The Morgan fingerprint density at radius 2 is 2.00 bits per heavy atom. The van der Waals surface area contributed by atoms with E-state index >= 15 is 0 Å². The largest absolute Gasteiger partial charge is 0.492 e. The molecule has 0 aromatic heterocycles. The number of allylic oxidation sites excluding steroid dienone is 8. The number of aliphatic hydroxyl groups is 2. The van der Waals surface area contributed by atoms with Gasteiger partial charge in [0, 0.05) is 30.7 Å². The van der Waals surface area contributed by atoms with Crippen LogP contribution in [0, 0.1) is 23.2 Å². The van der Waals surface area contributed by atoms with Gasteiger partial charge in [-0.25, -0.2) is 0 Å². The normalized spacial score (nSPS) is 20.8. The van der Waals surface area contributed by atoms with E-state index in [0.29, 0.717) is 29.7 Å². The summed E-state index contributed by atoms with van der Waals surface area (Å²) in [4.78, 5) is 13.3. The van der Waals surface area contributed by atoms with Gasteiger partial charge in [-0.3, -0.25) is 4.79 Å². The molecule has 2 aliphatic carbocycles. The summed E-state index contributed by atoms with van der Waals surface area (Å²) in [6.45, 7) is 8.67. The maximum Gasteiger partial charge on any atom is 0.230 e. The molecule has 0 radical (unpaired) electrons. The number of nitrogens with one attached hydrogen (secondary N) is 1. The molecule has 4 unspecified atom stereocenters. The van der Waals surface area contributed by atoms with Crippen LogP contribution < -0.4 is 10.1 Å². The molecule has 7 heteroatoms. The van der Waals surface area contributed by atoms with Crippen molar-refractivity contribution in [3.8, 4) is 5.75 Å². The van der Waals surface area contributed by atoms with E-state index in [1.807, 2.05) is 58.0 Å². The highest BCUT2D eigenvalue weighted by Gasteiger charge is 2.39. The van der Waals surface area contributed by atoms with Gasteiger partial charge in [0.2, 0.25) is 5.91 Å². The van der Waals surface area contributed by atoms with Crippen molar-refractivity contribution >= 4 is 34.7 Å². The summed E-state index contributed by atoms with van der Waals surface area (Å²) in [6.07, 6.45) is 15.1. The van der Waals surface area contributed by atoms with E-state index in [1.165, 1.54) is 0 Å². The van der Waals surface area contributed by atoms with Crippen LogP contribution in [0.1, 0.15) is 71.8 Å². The van der Waals surface area contributed by atoms with Gasteiger partial charge < -0.3 is 20.3 Å². The maximum absolute atomic E-state index is 13.3. The summed E-state index contributed by atoms with van der Waals surface area (Å²) in [6, 6.07) is 5.87. The number of carbonyl (C=O) groups excluding carboxylic acids is 1. The smallest absolute Gasteiger partial charge is 0.230 e. The van der Waals surface area contributed by atoms with Gasteiger partial charge in [-0.15, -0.1) is 11.6 Å². The van der Waals surface area contributed by atoms with Gasteiger partial charge in [-0.05, 0) is 86.1 Å². The number of hydrogen-bond donors (Lipinski definition) is 3. The van der Waals surface area contributed by atoms with E-state index in [0.717, 1.165) is 54.5 Å². The number of carbonyl (C=O) groups is 1. The molecule has 2 aliphatic rings. The number of hydrogen-bond acceptors (Lipinski definition) is 4. The summed E-state index contributed by atoms with van der Waals surface area (Å²) < 4.78 is 6.00. The minimum absolute atomic E-state index is 0.00226. The van der Waals surface area contributed by atoms with Gasteiger partial charge in [-0.1, -0.05) is 68.3 Å². The number of benzene rings is 1. The molecule has 220 valence electrons. The van der Waals surface area contributed by atoms with E-state index in [1.54, 1.807) is 0 Å². The molecule has 0 saturated carbocycles.